The van der Waals surface area contributed by atoms with Crippen molar-refractivity contribution < 1.29 is 9.53 Å². The van der Waals surface area contributed by atoms with Crippen LogP contribution in [0.4, 0.5) is 0 Å². The fourth-order valence-corrected chi connectivity index (χ4v) is 6.01. The molecule has 2 nitrogen and oxygen atoms in total. The zero-order chi connectivity index (χ0) is 31.9. The molecule has 2 heteroatoms. The molecule has 0 saturated carbocycles. The number of ether oxygens (including phenoxy) is 1. The molecule has 0 aromatic carbocycles. The fourth-order valence-electron chi connectivity index (χ4n) is 6.01. The topological polar surface area (TPSA) is 26.3 Å². The second-order valence-corrected chi connectivity index (χ2v) is 13.6. The molecule has 0 saturated heterocycles. The fraction of sp³-hybridized carbons (Fsp3) is 0.881. The van der Waals surface area contributed by atoms with Gasteiger partial charge in [0.2, 0.25) is 0 Å². The van der Waals surface area contributed by atoms with Gasteiger partial charge in [0.25, 0.3) is 0 Å². The van der Waals surface area contributed by atoms with E-state index in [0.29, 0.717) is 13.0 Å². The molecule has 0 aliphatic carbocycles. The van der Waals surface area contributed by atoms with E-state index in [1.54, 1.807) is 0 Å². The van der Waals surface area contributed by atoms with Crippen molar-refractivity contribution in [2.75, 3.05) is 6.61 Å². The van der Waals surface area contributed by atoms with Gasteiger partial charge in [0.15, 0.2) is 0 Å². The van der Waals surface area contributed by atoms with Crippen molar-refractivity contribution >= 4 is 5.97 Å². The SMILES string of the molecule is CCCCCCCC/C=C\CCCCCCCCCCCC(=O)OCCCCCCCCCC/C=C\CCCCCCCC. The van der Waals surface area contributed by atoms with E-state index in [-0.39, 0.29) is 5.97 Å². The lowest BCUT2D eigenvalue weighted by Gasteiger charge is -2.05. The zero-order valence-electron chi connectivity index (χ0n) is 30.4. The molecule has 0 fully saturated rings. The minimum absolute atomic E-state index is 0.0204. The molecule has 0 spiro atoms. The highest BCUT2D eigenvalue weighted by Crippen LogP contribution is 2.14. The van der Waals surface area contributed by atoms with Gasteiger partial charge in [-0.25, -0.2) is 0 Å². The first-order valence-electron chi connectivity index (χ1n) is 20.3. The minimum atomic E-state index is 0.0204. The van der Waals surface area contributed by atoms with Crippen LogP contribution in [-0.4, -0.2) is 12.6 Å². The molecule has 0 heterocycles. The molecule has 44 heavy (non-hydrogen) atoms. The van der Waals surface area contributed by atoms with Crippen LogP contribution in [0.25, 0.3) is 0 Å². The standard InChI is InChI=1S/C42H80O2/c1-3-5-7-9-11-13-15-17-19-21-23-24-26-28-30-32-34-36-38-40-42(43)44-41-39-37-35-33-31-29-27-25-22-20-18-16-14-12-10-8-6-4-2/h17-20H,3-16,21-41H2,1-2H3/b19-17-,20-18-. The van der Waals surface area contributed by atoms with Crippen LogP contribution < -0.4 is 0 Å². The number of esters is 1. The Kier molecular flexibility index (Phi) is 39.0. The summed E-state index contributed by atoms with van der Waals surface area (Å²) in [6, 6.07) is 0. The Bertz CT molecular complexity index is 543. The molecule has 0 rings (SSSR count). The number of unbranched alkanes of at least 4 members (excludes halogenated alkanes) is 29. The number of carbonyl (C=O) groups excluding carboxylic acids is 1. The lowest BCUT2D eigenvalue weighted by molar-refractivity contribution is -0.143. The molecule has 0 unspecified atom stereocenters. The summed E-state index contributed by atoms with van der Waals surface area (Å²) in [6.45, 7) is 5.19. The second kappa shape index (κ2) is 40.0. The first-order valence-corrected chi connectivity index (χ1v) is 20.3. The van der Waals surface area contributed by atoms with Crippen LogP contribution in [0, 0.1) is 0 Å². The van der Waals surface area contributed by atoms with Crippen LogP contribution >= 0.6 is 0 Å². The van der Waals surface area contributed by atoms with Gasteiger partial charge in [-0.2, -0.15) is 0 Å². The van der Waals surface area contributed by atoms with Crippen molar-refractivity contribution in [1.82, 2.24) is 0 Å². The predicted molar refractivity (Wildman–Crippen MR) is 198 cm³/mol. The summed E-state index contributed by atoms with van der Waals surface area (Å²) in [5, 5.41) is 0. The second-order valence-electron chi connectivity index (χ2n) is 13.6. The third kappa shape index (κ3) is 39.0. The molecule has 0 amide bonds. The Morgan fingerprint density at radius 1 is 0.364 bits per heavy atom. The maximum absolute atomic E-state index is 12.0. The van der Waals surface area contributed by atoms with Crippen LogP contribution in [0.2, 0.25) is 0 Å². The molecule has 0 bridgehead atoms. The van der Waals surface area contributed by atoms with E-state index >= 15 is 0 Å². The van der Waals surface area contributed by atoms with Crippen molar-refractivity contribution in [2.24, 2.45) is 0 Å². The maximum Gasteiger partial charge on any atom is 0.305 e. The van der Waals surface area contributed by atoms with Gasteiger partial charge >= 0.3 is 5.97 Å². The highest BCUT2D eigenvalue weighted by molar-refractivity contribution is 5.69. The molecule has 0 aliphatic rings. The number of carbonyl (C=O) groups is 1. The van der Waals surface area contributed by atoms with E-state index < -0.39 is 0 Å². The predicted octanol–water partition coefficient (Wildman–Crippen LogP) is 14.9. The van der Waals surface area contributed by atoms with Gasteiger partial charge in [0.05, 0.1) is 6.61 Å². The smallest absolute Gasteiger partial charge is 0.305 e. The van der Waals surface area contributed by atoms with Crippen molar-refractivity contribution in [2.45, 2.75) is 232 Å². The molecule has 0 atom stereocenters. The molecule has 260 valence electrons. The maximum atomic E-state index is 12.0. The Labute approximate surface area is 278 Å². The van der Waals surface area contributed by atoms with E-state index in [1.807, 2.05) is 0 Å². The van der Waals surface area contributed by atoms with E-state index in [2.05, 4.69) is 38.2 Å². The molecule has 0 N–H and O–H groups in total. The van der Waals surface area contributed by atoms with Crippen LogP contribution in [0.1, 0.15) is 232 Å². The van der Waals surface area contributed by atoms with Gasteiger partial charge < -0.3 is 4.74 Å². The van der Waals surface area contributed by atoms with Crippen molar-refractivity contribution in [3.8, 4) is 0 Å². The first-order chi connectivity index (χ1) is 21.8. The van der Waals surface area contributed by atoms with Crippen LogP contribution in [0.3, 0.4) is 0 Å². The number of rotatable bonds is 37. The van der Waals surface area contributed by atoms with E-state index in [4.69, 9.17) is 4.74 Å². The summed E-state index contributed by atoms with van der Waals surface area (Å²) in [5.41, 5.74) is 0. The summed E-state index contributed by atoms with van der Waals surface area (Å²) in [6.07, 6.45) is 54.0. The Morgan fingerprint density at radius 3 is 0.977 bits per heavy atom. The van der Waals surface area contributed by atoms with Crippen molar-refractivity contribution in [3.63, 3.8) is 0 Å². The molecule has 0 aromatic rings. The summed E-state index contributed by atoms with van der Waals surface area (Å²) < 4.78 is 5.46. The Balaban J connectivity index is 3.21. The molecular weight excluding hydrogens is 536 g/mol. The van der Waals surface area contributed by atoms with Gasteiger partial charge in [-0.15, -0.1) is 0 Å². The largest absolute Gasteiger partial charge is 0.466 e. The average molecular weight is 617 g/mol. The highest BCUT2D eigenvalue weighted by atomic mass is 16.5. The number of hydrogen-bond acceptors (Lipinski definition) is 2. The molecule has 0 aromatic heterocycles. The van der Waals surface area contributed by atoms with Gasteiger partial charge in [0, 0.05) is 6.42 Å². The van der Waals surface area contributed by atoms with E-state index in [0.717, 1.165) is 12.8 Å². The average Bonchev–Trinajstić information content (AvgIpc) is 3.03. The lowest BCUT2D eigenvalue weighted by Crippen LogP contribution is -2.05. The van der Waals surface area contributed by atoms with Crippen molar-refractivity contribution in [1.29, 1.82) is 0 Å². The van der Waals surface area contributed by atoms with Crippen LogP contribution in [-0.2, 0) is 9.53 Å². The third-order valence-electron chi connectivity index (χ3n) is 9.06. The summed E-state index contributed by atoms with van der Waals surface area (Å²) in [5.74, 6) is 0.0204. The molecule has 0 radical (unpaired) electrons. The number of allylic oxidation sites excluding steroid dienone is 4. The van der Waals surface area contributed by atoms with Gasteiger partial charge in [-0.1, -0.05) is 186 Å². The summed E-state index contributed by atoms with van der Waals surface area (Å²) >= 11 is 0. The zero-order valence-corrected chi connectivity index (χ0v) is 30.4. The van der Waals surface area contributed by atoms with Gasteiger partial charge in [-0.3, -0.25) is 4.79 Å². The molecule has 0 aliphatic heterocycles. The monoisotopic (exact) mass is 617 g/mol. The first kappa shape index (κ1) is 43.0. The third-order valence-corrected chi connectivity index (χ3v) is 9.06. The van der Waals surface area contributed by atoms with E-state index in [1.165, 1.54) is 199 Å². The van der Waals surface area contributed by atoms with Crippen molar-refractivity contribution in [3.05, 3.63) is 24.3 Å². The summed E-state index contributed by atoms with van der Waals surface area (Å²) in [4.78, 5) is 12.0. The van der Waals surface area contributed by atoms with Crippen LogP contribution in [0.5, 0.6) is 0 Å². The molecular formula is C42H80O2. The Hall–Kier alpha value is -1.05. The minimum Gasteiger partial charge on any atom is -0.466 e. The van der Waals surface area contributed by atoms with Gasteiger partial charge in [-0.05, 0) is 64.2 Å². The van der Waals surface area contributed by atoms with Crippen LogP contribution in [0.15, 0.2) is 24.3 Å². The summed E-state index contributed by atoms with van der Waals surface area (Å²) in [7, 11) is 0. The van der Waals surface area contributed by atoms with E-state index in [9.17, 15) is 4.79 Å². The Morgan fingerprint density at radius 2 is 0.636 bits per heavy atom. The highest BCUT2D eigenvalue weighted by Gasteiger charge is 2.02. The van der Waals surface area contributed by atoms with Gasteiger partial charge in [0.1, 0.15) is 0 Å². The normalized spacial score (nSPS) is 11.8. The quantitative estimate of drug-likeness (QED) is 0.0394. The number of hydrogen-bond donors (Lipinski definition) is 0. The lowest BCUT2D eigenvalue weighted by atomic mass is 10.1.